The molecular formula is C19H22ClFN2O2. The van der Waals surface area contributed by atoms with Gasteiger partial charge in [-0.05, 0) is 23.8 Å². The van der Waals surface area contributed by atoms with Crippen molar-refractivity contribution < 1.29 is 13.9 Å². The first-order valence-electron chi connectivity index (χ1n) is 8.06. The molecule has 134 valence electrons. The first kappa shape index (κ1) is 19.2. The highest BCUT2D eigenvalue weighted by molar-refractivity contribution is 5.85. The van der Waals surface area contributed by atoms with Crippen molar-refractivity contribution in [2.45, 2.75) is 12.5 Å². The van der Waals surface area contributed by atoms with Crippen LogP contribution >= 0.6 is 12.4 Å². The van der Waals surface area contributed by atoms with Gasteiger partial charge in [0, 0.05) is 25.2 Å². The van der Waals surface area contributed by atoms with E-state index in [-0.39, 0.29) is 36.6 Å². The van der Waals surface area contributed by atoms with Crippen LogP contribution in [0.25, 0.3) is 0 Å². The minimum Gasteiger partial charge on any atom is -0.496 e. The van der Waals surface area contributed by atoms with Gasteiger partial charge in [-0.15, -0.1) is 12.4 Å². The zero-order valence-corrected chi connectivity index (χ0v) is 14.9. The van der Waals surface area contributed by atoms with Crippen LogP contribution in [0.3, 0.4) is 0 Å². The van der Waals surface area contributed by atoms with Crippen LogP contribution in [0.5, 0.6) is 5.75 Å². The fourth-order valence-electron chi connectivity index (χ4n) is 3.15. The van der Waals surface area contributed by atoms with Crippen LogP contribution in [0.15, 0.2) is 48.5 Å². The van der Waals surface area contributed by atoms with Crippen LogP contribution in [0, 0.1) is 5.82 Å². The van der Waals surface area contributed by atoms with Crippen LogP contribution in [-0.4, -0.2) is 37.6 Å². The molecule has 0 spiro atoms. The zero-order valence-electron chi connectivity index (χ0n) is 14.1. The lowest BCUT2D eigenvalue weighted by atomic mass is 10.0. The maximum atomic E-state index is 13.3. The molecule has 1 saturated heterocycles. The number of nitrogens with zero attached hydrogens (tertiary/aromatic N) is 1. The normalized spacial score (nSPS) is 16.9. The lowest BCUT2D eigenvalue weighted by molar-refractivity contribution is -0.133. The van der Waals surface area contributed by atoms with Crippen molar-refractivity contribution in [3.05, 3.63) is 65.5 Å². The van der Waals surface area contributed by atoms with Gasteiger partial charge in [0.05, 0.1) is 19.6 Å². The summed E-state index contributed by atoms with van der Waals surface area (Å²) in [6.45, 7) is 2.05. The number of hydrogen-bond donors (Lipinski definition) is 1. The molecule has 3 rings (SSSR count). The van der Waals surface area contributed by atoms with Crippen molar-refractivity contribution in [1.82, 2.24) is 10.2 Å². The average Bonchev–Trinajstić information content (AvgIpc) is 2.61. The Kier molecular flexibility index (Phi) is 6.79. The molecule has 0 saturated carbocycles. The molecule has 1 amide bonds. The van der Waals surface area contributed by atoms with Crippen LogP contribution in [-0.2, 0) is 11.2 Å². The Morgan fingerprint density at radius 1 is 1.28 bits per heavy atom. The van der Waals surface area contributed by atoms with Gasteiger partial charge in [-0.1, -0.05) is 30.3 Å². The van der Waals surface area contributed by atoms with Crippen LogP contribution < -0.4 is 10.1 Å². The number of hydrogen-bond acceptors (Lipinski definition) is 3. The van der Waals surface area contributed by atoms with E-state index < -0.39 is 0 Å². The number of rotatable bonds is 4. The van der Waals surface area contributed by atoms with Gasteiger partial charge < -0.3 is 15.0 Å². The van der Waals surface area contributed by atoms with E-state index >= 15 is 0 Å². The summed E-state index contributed by atoms with van der Waals surface area (Å²) in [6.07, 6.45) is 0.198. The van der Waals surface area contributed by atoms with Gasteiger partial charge >= 0.3 is 0 Å². The summed E-state index contributed by atoms with van der Waals surface area (Å²) >= 11 is 0. The fourth-order valence-corrected chi connectivity index (χ4v) is 3.15. The molecule has 1 unspecified atom stereocenters. The van der Waals surface area contributed by atoms with E-state index in [9.17, 15) is 9.18 Å². The first-order valence-corrected chi connectivity index (χ1v) is 8.06. The van der Waals surface area contributed by atoms with Gasteiger partial charge in [-0.2, -0.15) is 0 Å². The smallest absolute Gasteiger partial charge is 0.227 e. The molecule has 0 aromatic heterocycles. The fraction of sp³-hybridized carbons (Fsp3) is 0.316. The van der Waals surface area contributed by atoms with Crippen molar-refractivity contribution in [2.75, 3.05) is 26.7 Å². The molecule has 0 bridgehead atoms. The summed E-state index contributed by atoms with van der Waals surface area (Å²) in [7, 11) is 1.63. The standard InChI is InChI=1S/C19H21FN2O2.ClH/c1-24-18-8-3-2-7-16(18)17-13-21-9-10-22(17)19(23)12-14-5-4-6-15(20)11-14;/h2-8,11,17,21H,9-10,12-13H2,1H3;1H. The summed E-state index contributed by atoms with van der Waals surface area (Å²) in [4.78, 5) is 14.7. The Morgan fingerprint density at radius 3 is 2.84 bits per heavy atom. The van der Waals surface area contributed by atoms with Gasteiger partial charge in [0.1, 0.15) is 11.6 Å². The van der Waals surface area contributed by atoms with E-state index in [0.717, 1.165) is 17.9 Å². The lowest BCUT2D eigenvalue weighted by Crippen LogP contribution is -2.49. The minimum atomic E-state index is -0.318. The van der Waals surface area contributed by atoms with Crippen LogP contribution in [0.1, 0.15) is 17.2 Å². The molecule has 2 aromatic rings. The third-order valence-electron chi connectivity index (χ3n) is 4.31. The van der Waals surface area contributed by atoms with Gasteiger partial charge in [0.15, 0.2) is 0 Å². The topological polar surface area (TPSA) is 41.6 Å². The molecular weight excluding hydrogens is 343 g/mol. The Labute approximate surface area is 153 Å². The third kappa shape index (κ3) is 4.50. The molecule has 25 heavy (non-hydrogen) atoms. The van der Waals surface area contributed by atoms with E-state index in [1.807, 2.05) is 29.2 Å². The first-order chi connectivity index (χ1) is 11.7. The molecule has 1 heterocycles. The highest BCUT2D eigenvalue weighted by atomic mass is 35.5. The molecule has 1 fully saturated rings. The van der Waals surface area contributed by atoms with E-state index in [1.54, 1.807) is 19.2 Å². The molecule has 1 aliphatic rings. The summed E-state index contributed by atoms with van der Waals surface area (Å²) in [5.74, 6) is 0.453. The number of ether oxygens (including phenoxy) is 1. The number of benzene rings is 2. The largest absolute Gasteiger partial charge is 0.496 e. The summed E-state index contributed by atoms with van der Waals surface area (Å²) < 4.78 is 18.8. The number of halogens is 2. The molecule has 2 aromatic carbocycles. The van der Waals surface area contributed by atoms with Crippen LogP contribution in [0.2, 0.25) is 0 Å². The maximum absolute atomic E-state index is 13.3. The second kappa shape index (κ2) is 8.83. The Bertz CT molecular complexity index is 726. The Balaban J connectivity index is 0.00000225. The second-order valence-corrected chi connectivity index (χ2v) is 5.86. The van der Waals surface area contributed by atoms with Gasteiger partial charge in [-0.25, -0.2) is 4.39 Å². The molecule has 0 aliphatic carbocycles. The number of carbonyl (C=O) groups is 1. The second-order valence-electron chi connectivity index (χ2n) is 5.86. The van der Waals surface area contributed by atoms with E-state index in [2.05, 4.69) is 5.32 Å². The molecule has 1 aliphatic heterocycles. The highest BCUT2D eigenvalue weighted by Crippen LogP contribution is 2.30. The molecule has 1 N–H and O–H groups in total. The number of methoxy groups -OCH3 is 1. The zero-order chi connectivity index (χ0) is 16.9. The van der Waals surface area contributed by atoms with Crippen LogP contribution in [0.4, 0.5) is 4.39 Å². The van der Waals surface area contributed by atoms with Gasteiger partial charge in [-0.3, -0.25) is 4.79 Å². The van der Waals surface area contributed by atoms with Gasteiger partial charge in [0.25, 0.3) is 0 Å². The quantitative estimate of drug-likeness (QED) is 0.906. The molecule has 0 radical (unpaired) electrons. The molecule has 6 heteroatoms. The lowest BCUT2D eigenvalue weighted by Gasteiger charge is -2.37. The van der Waals surface area contributed by atoms with E-state index in [4.69, 9.17) is 4.74 Å². The van der Waals surface area contributed by atoms with E-state index in [1.165, 1.54) is 12.1 Å². The van der Waals surface area contributed by atoms with Crippen molar-refractivity contribution >= 4 is 18.3 Å². The number of amides is 1. The number of carbonyl (C=O) groups excluding carboxylic acids is 1. The third-order valence-corrected chi connectivity index (χ3v) is 4.31. The van der Waals surface area contributed by atoms with Crippen molar-refractivity contribution in [3.8, 4) is 5.75 Å². The Hall–Kier alpha value is -2.11. The van der Waals surface area contributed by atoms with E-state index in [0.29, 0.717) is 18.7 Å². The predicted molar refractivity (Wildman–Crippen MR) is 97.7 cm³/mol. The number of para-hydroxylation sites is 1. The summed E-state index contributed by atoms with van der Waals surface area (Å²) in [5, 5.41) is 3.33. The predicted octanol–water partition coefficient (Wildman–Crippen LogP) is 2.97. The average molecular weight is 365 g/mol. The van der Waals surface area contributed by atoms with Gasteiger partial charge in [0.2, 0.25) is 5.91 Å². The van der Waals surface area contributed by atoms with Crippen molar-refractivity contribution in [3.63, 3.8) is 0 Å². The number of nitrogens with one attached hydrogen (secondary N) is 1. The van der Waals surface area contributed by atoms with Crippen molar-refractivity contribution in [2.24, 2.45) is 0 Å². The number of piperazine rings is 1. The van der Waals surface area contributed by atoms with Crippen molar-refractivity contribution in [1.29, 1.82) is 0 Å². The molecule has 1 atom stereocenters. The monoisotopic (exact) mass is 364 g/mol. The maximum Gasteiger partial charge on any atom is 0.227 e. The Morgan fingerprint density at radius 2 is 2.08 bits per heavy atom. The summed E-state index contributed by atoms with van der Waals surface area (Å²) in [5.41, 5.74) is 1.68. The molecule has 4 nitrogen and oxygen atoms in total. The minimum absolute atomic E-state index is 0. The SMILES string of the molecule is COc1ccccc1C1CNCCN1C(=O)Cc1cccc(F)c1.Cl. The summed E-state index contributed by atoms with van der Waals surface area (Å²) in [6, 6.07) is 13.9. The highest BCUT2D eigenvalue weighted by Gasteiger charge is 2.29.